The Bertz CT molecular complexity index is 1020. The Hall–Kier alpha value is -2.35. The van der Waals surface area contributed by atoms with Gasteiger partial charge < -0.3 is 19.6 Å². The van der Waals surface area contributed by atoms with Crippen molar-refractivity contribution in [1.29, 1.82) is 0 Å². The second-order valence-corrected chi connectivity index (χ2v) is 8.88. The minimum Gasteiger partial charge on any atom is -0.872 e. The summed E-state index contributed by atoms with van der Waals surface area (Å²) in [5.41, 5.74) is 0.893. The molecular formula is C23H24BrClN2O4. The highest BCUT2D eigenvalue weighted by Gasteiger charge is 2.44. The van der Waals surface area contributed by atoms with Crippen molar-refractivity contribution in [3.05, 3.63) is 68.7 Å². The maximum atomic E-state index is 13.4. The van der Waals surface area contributed by atoms with E-state index >= 15 is 0 Å². The standard InChI is InChI=1S/C23H24BrClN2O4/c1-4-31-18-10-7-15(13-17(18)25)21(28)19-20(14-5-8-16(24)9-6-14)27(12-11-26(2)3)23(30)22(19)29/h5-10,13,20,28H,4,11-12H2,1-3H3. The number of ketones is 1. The quantitative estimate of drug-likeness (QED) is 0.353. The number of rotatable bonds is 7. The average Bonchev–Trinajstić information content (AvgIpc) is 2.98. The fourth-order valence-electron chi connectivity index (χ4n) is 3.51. The van der Waals surface area contributed by atoms with E-state index < -0.39 is 23.5 Å². The van der Waals surface area contributed by atoms with Crippen LogP contribution >= 0.6 is 27.5 Å². The number of benzene rings is 2. The van der Waals surface area contributed by atoms with E-state index in [2.05, 4.69) is 15.9 Å². The summed E-state index contributed by atoms with van der Waals surface area (Å²) in [4.78, 5) is 28.4. The molecule has 0 radical (unpaired) electrons. The second kappa shape index (κ2) is 9.85. The number of nitrogens with zero attached hydrogens (tertiary/aromatic N) is 1. The number of carbonyl (C=O) groups is 2. The average molecular weight is 508 g/mol. The molecule has 1 N–H and O–H groups in total. The Labute approximate surface area is 195 Å². The monoisotopic (exact) mass is 506 g/mol. The topological polar surface area (TPSA) is 74.1 Å². The second-order valence-electron chi connectivity index (χ2n) is 7.56. The Morgan fingerprint density at radius 1 is 1.19 bits per heavy atom. The Kier molecular flexibility index (Phi) is 7.41. The molecule has 6 nitrogen and oxygen atoms in total. The van der Waals surface area contributed by atoms with E-state index in [1.807, 2.05) is 45.3 Å². The number of likely N-dealkylation sites (tertiary alicyclic amines) is 1. The van der Waals surface area contributed by atoms with Gasteiger partial charge in [-0.3, -0.25) is 9.59 Å². The number of hydrogen-bond donors (Lipinski definition) is 1. The molecule has 2 aromatic carbocycles. The van der Waals surface area contributed by atoms with Gasteiger partial charge in [-0.15, -0.1) is 0 Å². The predicted molar refractivity (Wildman–Crippen MR) is 121 cm³/mol. The van der Waals surface area contributed by atoms with E-state index in [-0.39, 0.29) is 16.2 Å². The lowest BCUT2D eigenvalue weighted by molar-refractivity contribution is -0.857. The lowest BCUT2D eigenvalue weighted by Gasteiger charge is -2.28. The smallest absolute Gasteiger partial charge is 0.295 e. The molecule has 1 unspecified atom stereocenters. The molecule has 164 valence electrons. The molecule has 3 rings (SSSR count). The van der Waals surface area contributed by atoms with E-state index in [4.69, 9.17) is 16.3 Å². The molecule has 1 atom stereocenters. The summed E-state index contributed by atoms with van der Waals surface area (Å²) in [5, 5.41) is 13.7. The summed E-state index contributed by atoms with van der Waals surface area (Å²) in [6.07, 6.45) is 0. The van der Waals surface area contributed by atoms with Crippen LogP contribution in [-0.2, 0) is 9.59 Å². The largest absolute Gasteiger partial charge is 0.872 e. The molecular weight excluding hydrogens is 484 g/mol. The number of nitrogens with one attached hydrogen (secondary N) is 1. The maximum Gasteiger partial charge on any atom is 0.295 e. The minimum atomic E-state index is -0.767. The molecule has 0 spiro atoms. The van der Waals surface area contributed by atoms with Crippen LogP contribution in [0.1, 0.15) is 24.1 Å². The molecule has 0 aromatic heterocycles. The van der Waals surface area contributed by atoms with Crippen LogP contribution in [-0.4, -0.2) is 50.4 Å². The molecule has 1 amide bonds. The lowest BCUT2D eigenvalue weighted by atomic mass is 9.95. The van der Waals surface area contributed by atoms with Gasteiger partial charge in [-0.05, 0) is 42.3 Å². The number of Topliss-reactive ketones (excluding diaryl/α,β-unsaturated/α-hetero) is 1. The molecule has 1 aliphatic heterocycles. The van der Waals surface area contributed by atoms with E-state index in [1.54, 1.807) is 12.1 Å². The zero-order chi connectivity index (χ0) is 22.7. The SMILES string of the molecule is CCOc1ccc(C([O-])=C2C(=O)C(=O)N(CC[NH+](C)C)C2c2ccc(Br)cc2)cc1Cl. The predicted octanol–water partition coefficient (Wildman–Crippen LogP) is 1.87. The maximum absolute atomic E-state index is 13.4. The number of amides is 1. The summed E-state index contributed by atoms with van der Waals surface area (Å²) in [6, 6.07) is 11.2. The third-order valence-electron chi connectivity index (χ3n) is 5.06. The number of carbonyl (C=O) groups excluding carboxylic acids is 2. The van der Waals surface area contributed by atoms with Crippen molar-refractivity contribution < 1.29 is 24.3 Å². The third-order valence-corrected chi connectivity index (χ3v) is 5.89. The van der Waals surface area contributed by atoms with Gasteiger partial charge in [-0.1, -0.05) is 51.5 Å². The van der Waals surface area contributed by atoms with Crippen LogP contribution in [0.3, 0.4) is 0 Å². The first-order chi connectivity index (χ1) is 14.7. The van der Waals surface area contributed by atoms with Crippen LogP contribution < -0.4 is 14.7 Å². The first kappa shape index (κ1) is 23.3. The van der Waals surface area contributed by atoms with Gasteiger partial charge in [0, 0.05) is 10.0 Å². The van der Waals surface area contributed by atoms with Gasteiger partial charge in [0.1, 0.15) is 5.75 Å². The Balaban J connectivity index is 2.12. The van der Waals surface area contributed by atoms with Gasteiger partial charge in [0.05, 0.1) is 44.9 Å². The first-order valence-corrected chi connectivity index (χ1v) is 11.1. The van der Waals surface area contributed by atoms with Crippen molar-refractivity contribution >= 4 is 45.0 Å². The molecule has 1 aliphatic rings. The Morgan fingerprint density at radius 3 is 2.45 bits per heavy atom. The van der Waals surface area contributed by atoms with Crippen LogP contribution in [0.25, 0.3) is 5.76 Å². The van der Waals surface area contributed by atoms with Crippen molar-refractivity contribution in [1.82, 2.24) is 4.90 Å². The van der Waals surface area contributed by atoms with Gasteiger partial charge in [0.2, 0.25) is 5.78 Å². The van der Waals surface area contributed by atoms with E-state index in [0.717, 1.165) is 9.37 Å². The highest BCUT2D eigenvalue weighted by molar-refractivity contribution is 9.10. The molecule has 1 fully saturated rings. The molecule has 0 bridgehead atoms. The summed E-state index contributed by atoms with van der Waals surface area (Å²) in [7, 11) is 3.93. The third kappa shape index (κ3) is 4.95. The number of quaternary nitrogens is 1. The van der Waals surface area contributed by atoms with Crippen molar-refractivity contribution in [2.24, 2.45) is 0 Å². The summed E-state index contributed by atoms with van der Waals surface area (Å²) in [6.45, 7) is 3.27. The van der Waals surface area contributed by atoms with Gasteiger partial charge >= 0.3 is 0 Å². The van der Waals surface area contributed by atoms with Gasteiger partial charge in [0.15, 0.2) is 0 Å². The van der Waals surface area contributed by atoms with E-state index in [0.29, 0.717) is 31.0 Å². The Morgan fingerprint density at radius 2 is 1.87 bits per heavy atom. The first-order valence-electron chi connectivity index (χ1n) is 9.98. The van der Waals surface area contributed by atoms with Crippen molar-refractivity contribution in [2.75, 3.05) is 33.8 Å². The van der Waals surface area contributed by atoms with Crippen LogP contribution in [0.5, 0.6) is 5.75 Å². The number of likely N-dealkylation sites (N-methyl/N-ethyl adjacent to an activating group) is 1. The van der Waals surface area contributed by atoms with E-state index in [1.165, 1.54) is 11.0 Å². The summed E-state index contributed by atoms with van der Waals surface area (Å²) >= 11 is 9.65. The molecule has 8 heteroatoms. The lowest BCUT2D eigenvalue weighted by Crippen LogP contribution is -3.06. The van der Waals surface area contributed by atoms with Gasteiger partial charge in [-0.2, -0.15) is 0 Å². The zero-order valence-corrected chi connectivity index (χ0v) is 19.9. The number of halogens is 2. The molecule has 31 heavy (non-hydrogen) atoms. The summed E-state index contributed by atoms with van der Waals surface area (Å²) < 4.78 is 6.29. The highest BCUT2D eigenvalue weighted by atomic mass is 79.9. The van der Waals surface area contributed by atoms with E-state index in [9.17, 15) is 14.7 Å². The van der Waals surface area contributed by atoms with Crippen molar-refractivity contribution in [3.8, 4) is 5.75 Å². The van der Waals surface area contributed by atoms with Crippen LogP contribution in [0.4, 0.5) is 0 Å². The van der Waals surface area contributed by atoms with Gasteiger partial charge in [0.25, 0.3) is 5.91 Å². The summed E-state index contributed by atoms with van der Waals surface area (Å²) in [5.74, 6) is -1.47. The molecule has 2 aromatic rings. The van der Waals surface area contributed by atoms with Crippen molar-refractivity contribution in [2.45, 2.75) is 13.0 Å². The number of hydrogen-bond acceptors (Lipinski definition) is 4. The fraction of sp³-hybridized carbons (Fsp3) is 0.304. The zero-order valence-electron chi connectivity index (χ0n) is 17.6. The molecule has 0 aliphatic carbocycles. The van der Waals surface area contributed by atoms with Crippen LogP contribution in [0.2, 0.25) is 5.02 Å². The normalized spacial score (nSPS) is 18.1. The fourth-order valence-corrected chi connectivity index (χ4v) is 4.01. The highest BCUT2D eigenvalue weighted by Crippen LogP contribution is 2.39. The molecule has 1 heterocycles. The van der Waals surface area contributed by atoms with Gasteiger partial charge in [-0.25, -0.2) is 0 Å². The molecule has 1 saturated heterocycles. The van der Waals surface area contributed by atoms with Crippen LogP contribution in [0, 0.1) is 0 Å². The molecule has 0 saturated carbocycles. The van der Waals surface area contributed by atoms with Crippen molar-refractivity contribution in [3.63, 3.8) is 0 Å². The van der Waals surface area contributed by atoms with Crippen LogP contribution in [0.15, 0.2) is 52.5 Å². The minimum absolute atomic E-state index is 0.0543. The number of ether oxygens (including phenoxy) is 1.